The second-order valence-electron chi connectivity index (χ2n) is 4.94. The van der Waals surface area contributed by atoms with E-state index in [-0.39, 0.29) is 18.4 Å². The molecule has 1 aromatic carbocycles. The lowest BCUT2D eigenvalue weighted by Gasteiger charge is -2.20. The number of benzene rings is 1. The minimum atomic E-state index is -0.214. The molecule has 2 aromatic rings. The summed E-state index contributed by atoms with van der Waals surface area (Å²) in [7, 11) is 1.75. The molecule has 0 spiro atoms. The number of hydrogen-bond acceptors (Lipinski definition) is 4. The number of nitrogens with one attached hydrogen (secondary N) is 1. The van der Waals surface area contributed by atoms with Crippen LogP contribution in [-0.4, -0.2) is 30.4 Å². The van der Waals surface area contributed by atoms with E-state index in [0.717, 1.165) is 9.35 Å². The van der Waals surface area contributed by atoms with Gasteiger partial charge in [-0.3, -0.25) is 9.59 Å². The number of fused-ring (bicyclic) bond motifs is 1. The van der Waals surface area contributed by atoms with E-state index >= 15 is 0 Å². The highest BCUT2D eigenvalue weighted by molar-refractivity contribution is 9.10. The monoisotopic (exact) mass is 380 g/mol. The van der Waals surface area contributed by atoms with Crippen molar-refractivity contribution in [2.75, 3.05) is 19.0 Å². The summed E-state index contributed by atoms with van der Waals surface area (Å²) in [6.07, 6.45) is 0. The Morgan fingerprint density at radius 1 is 1.45 bits per heavy atom. The molecular weight excluding hydrogens is 368 g/mol. The fourth-order valence-electron chi connectivity index (χ4n) is 2.18. The number of hydrogen-bond donors (Lipinski definition) is 1. The summed E-state index contributed by atoms with van der Waals surface area (Å²) in [5.41, 5.74) is 1.05. The molecule has 7 heteroatoms. The van der Waals surface area contributed by atoms with Crippen LogP contribution in [-0.2, 0) is 11.3 Å². The summed E-state index contributed by atoms with van der Waals surface area (Å²) in [5, 5.41) is 4.69. The molecule has 0 radical (unpaired) electrons. The van der Waals surface area contributed by atoms with E-state index in [1.807, 2.05) is 11.4 Å². The Morgan fingerprint density at radius 2 is 2.27 bits per heavy atom. The zero-order valence-corrected chi connectivity index (χ0v) is 14.2. The molecule has 1 aliphatic rings. The molecule has 1 aliphatic heterocycles. The van der Waals surface area contributed by atoms with Gasteiger partial charge < -0.3 is 15.0 Å². The molecule has 0 aliphatic carbocycles. The fraction of sp³-hybridized carbons (Fsp3) is 0.200. The number of anilines is 1. The molecule has 0 saturated heterocycles. The minimum absolute atomic E-state index is 0.00739. The SMILES string of the molecule is CN(Cc1cc(Br)cs1)C(=O)c1ccc2c(c1)NC(=O)CO2. The maximum atomic E-state index is 12.5. The number of halogens is 1. The van der Waals surface area contributed by atoms with Gasteiger partial charge in [-0.2, -0.15) is 0 Å². The molecule has 2 amide bonds. The topological polar surface area (TPSA) is 58.6 Å². The normalized spacial score (nSPS) is 13.1. The summed E-state index contributed by atoms with van der Waals surface area (Å²) >= 11 is 5.00. The van der Waals surface area contributed by atoms with Gasteiger partial charge in [0.2, 0.25) is 0 Å². The zero-order valence-electron chi connectivity index (χ0n) is 11.8. The average Bonchev–Trinajstić information content (AvgIpc) is 2.90. The lowest BCUT2D eigenvalue weighted by atomic mass is 10.1. The number of thiophene rings is 1. The second kappa shape index (κ2) is 6.10. The van der Waals surface area contributed by atoms with Gasteiger partial charge in [-0.15, -0.1) is 11.3 Å². The molecule has 3 rings (SSSR count). The number of carbonyl (C=O) groups is 2. The Morgan fingerprint density at radius 3 is 3.00 bits per heavy atom. The molecule has 0 atom stereocenters. The Labute approximate surface area is 140 Å². The first kappa shape index (κ1) is 15.1. The van der Waals surface area contributed by atoms with Crippen molar-refractivity contribution in [1.82, 2.24) is 4.90 Å². The second-order valence-corrected chi connectivity index (χ2v) is 6.85. The Hall–Kier alpha value is -1.86. The van der Waals surface area contributed by atoms with Crippen molar-refractivity contribution < 1.29 is 14.3 Å². The van der Waals surface area contributed by atoms with Crippen molar-refractivity contribution in [2.24, 2.45) is 0 Å². The van der Waals surface area contributed by atoms with E-state index in [2.05, 4.69) is 21.2 Å². The van der Waals surface area contributed by atoms with Crippen molar-refractivity contribution >= 4 is 44.8 Å². The third-order valence-corrected chi connectivity index (χ3v) is 4.90. The van der Waals surface area contributed by atoms with Crippen molar-refractivity contribution in [3.63, 3.8) is 0 Å². The van der Waals surface area contributed by atoms with Gasteiger partial charge in [0.1, 0.15) is 5.75 Å². The van der Waals surface area contributed by atoms with Gasteiger partial charge >= 0.3 is 0 Å². The third-order valence-electron chi connectivity index (χ3n) is 3.22. The van der Waals surface area contributed by atoms with Crippen LogP contribution in [0.15, 0.2) is 34.1 Å². The highest BCUT2D eigenvalue weighted by Crippen LogP contribution is 2.29. The van der Waals surface area contributed by atoms with Crippen LogP contribution in [0.1, 0.15) is 15.2 Å². The Bertz CT molecular complexity index is 744. The van der Waals surface area contributed by atoms with Crippen LogP contribution in [0.25, 0.3) is 0 Å². The quantitative estimate of drug-likeness (QED) is 0.889. The van der Waals surface area contributed by atoms with Crippen LogP contribution in [0.3, 0.4) is 0 Å². The molecule has 0 fully saturated rings. The average molecular weight is 381 g/mol. The molecule has 0 bridgehead atoms. The first-order valence-electron chi connectivity index (χ1n) is 6.58. The summed E-state index contributed by atoms with van der Waals surface area (Å²) in [6.45, 7) is 0.544. The number of ether oxygens (including phenoxy) is 1. The van der Waals surface area contributed by atoms with Gasteiger partial charge in [0.15, 0.2) is 6.61 Å². The van der Waals surface area contributed by atoms with Gasteiger partial charge in [0, 0.05) is 27.3 Å². The van der Waals surface area contributed by atoms with E-state index < -0.39 is 0 Å². The molecule has 0 saturated carbocycles. The molecule has 0 unspecified atom stereocenters. The Balaban J connectivity index is 1.77. The van der Waals surface area contributed by atoms with Gasteiger partial charge in [-0.1, -0.05) is 0 Å². The molecule has 22 heavy (non-hydrogen) atoms. The molecule has 5 nitrogen and oxygen atoms in total. The largest absolute Gasteiger partial charge is 0.482 e. The standard InChI is InChI=1S/C15H13BrN2O3S/c1-18(6-11-5-10(16)8-22-11)15(20)9-2-3-13-12(4-9)17-14(19)7-21-13/h2-5,8H,6-7H2,1H3,(H,17,19). The van der Waals surface area contributed by atoms with E-state index in [4.69, 9.17) is 4.74 Å². The van der Waals surface area contributed by atoms with Gasteiger partial charge in [0.05, 0.1) is 12.2 Å². The smallest absolute Gasteiger partial charge is 0.262 e. The highest BCUT2D eigenvalue weighted by Gasteiger charge is 2.19. The van der Waals surface area contributed by atoms with Crippen LogP contribution in [0.4, 0.5) is 5.69 Å². The molecule has 1 N–H and O–H groups in total. The van der Waals surface area contributed by atoms with Crippen LogP contribution < -0.4 is 10.1 Å². The van der Waals surface area contributed by atoms with Gasteiger partial charge in [-0.05, 0) is 40.2 Å². The maximum Gasteiger partial charge on any atom is 0.262 e. The zero-order chi connectivity index (χ0) is 15.7. The van der Waals surface area contributed by atoms with Gasteiger partial charge in [-0.25, -0.2) is 0 Å². The van der Waals surface area contributed by atoms with Crippen LogP contribution in [0.5, 0.6) is 5.75 Å². The Kier molecular flexibility index (Phi) is 4.17. The molecular formula is C15H13BrN2O3S. The summed E-state index contributed by atoms with van der Waals surface area (Å²) < 4.78 is 6.30. The van der Waals surface area contributed by atoms with Crippen molar-refractivity contribution in [3.05, 3.63) is 44.6 Å². The fourth-order valence-corrected chi connectivity index (χ4v) is 3.68. The van der Waals surface area contributed by atoms with E-state index in [0.29, 0.717) is 23.5 Å². The van der Waals surface area contributed by atoms with Crippen molar-refractivity contribution in [1.29, 1.82) is 0 Å². The summed E-state index contributed by atoms with van der Waals surface area (Å²) in [5.74, 6) is 0.266. The highest BCUT2D eigenvalue weighted by atomic mass is 79.9. The van der Waals surface area contributed by atoms with Crippen LogP contribution in [0.2, 0.25) is 0 Å². The van der Waals surface area contributed by atoms with Gasteiger partial charge in [0.25, 0.3) is 11.8 Å². The molecule has 2 heterocycles. The first-order chi connectivity index (χ1) is 10.5. The minimum Gasteiger partial charge on any atom is -0.482 e. The van der Waals surface area contributed by atoms with E-state index in [9.17, 15) is 9.59 Å². The molecule has 1 aromatic heterocycles. The van der Waals surface area contributed by atoms with Crippen molar-refractivity contribution in [3.8, 4) is 5.75 Å². The lowest BCUT2D eigenvalue weighted by Crippen LogP contribution is -2.28. The summed E-state index contributed by atoms with van der Waals surface area (Å²) in [6, 6.07) is 7.06. The summed E-state index contributed by atoms with van der Waals surface area (Å²) in [4.78, 5) is 26.6. The predicted octanol–water partition coefficient (Wildman–Crippen LogP) is 3.11. The third kappa shape index (κ3) is 3.15. The number of rotatable bonds is 3. The number of carbonyl (C=O) groups excluding carboxylic acids is 2. The number of nitrogens with zero attached hydrogens (tertiary/aromatic N) is 1. The predicted molar refractivity (Wildman–Crippen MR) is 88.4 cm³/mol. The maximum absolute atomic E-state index is 12.5. The first-order valence-corrected chi connectivity index (χ1v) is 8.25. The molecule has 114 valence electrons. The van der Waals surface area contributed by atoms with E-state index in [1.165, 1.54) is 0 Å². The lowest BCUT2D eigenvalue weighted by molar-refractivity contribution is -0.118. The van der Waals surface area contributed by atoms with Crippen molar-refractivity contribution in [2.45, 2.75) is 6.54 Å². The van der Waals surface area contributed by atoms with Crippen LogP contribution >= 0.6 is 27.3 Å². The number of amides is 2. The van der Waals surface area contributed by atoms with Crippen LogP contribution in [0, 0.1) is 0 Å². The van der Waals surface area contributed by atoms with E-state index in [1.54, 1.807) is 41.5 Å².